The molecule has 3 rings (SSSR count). The molecule has 1 heterocycles. The second-order valence-electron chi connectivity index (χ2n) is 6.92. The van der Waals surface area contributed by atoms with E-state index in [0.717, 1.165) is 43.6 Å². The number of nitrogens with zero attached hydrogens (tertiary/aromatic N) is 3. The van der Waals surface area contributed by atoms with Gasteiger partial charge in [-0.05, 0) is 49.8 Å². The minimum atomic E-state index is 0.513. The van der Waals surface area contributed by atoms with E-state index in [1.165, 1.54) is 0 Å². The highest BCUT2D eigenvalue weighted by molar-refractivity contribution is 6.35. The average Bonchev–Trinajstić information content (AvgIpc) is 2.99. The molecule has 0 aliphatic rings. The highest BCUT2D eigenvalue weighted by Crippen LogP contribution is 2.27. The maximum atomic E-state index is 8.72. The van der Waals surface area contributed by atoms with E-state index in [9.17, 15) is 0 Å². The van der Waals surface area contributed by atoms with Gasteiger partial charge in [-0.1, -0.05) is 49.2 Å². The van der Waals surface area contributed by atoms with Crippen LogP contribution in [0.25, 0.3) is 11.0 Å². The number of para-hydroxylation sites is 2. The Morgan fingerprint density at radius 3 is 2.24 bits per heavy atom. The van der Waals surface area contributed by atoms with Crippen LogP contribution >= 0.6 is 23.2 Å². The van der Waals surface area contributed by atoms with E-state index in [-0.39, 0.29) is 0 Å². The monoisotopic (exact) mass is 434 g/mol. The van der Waals surface area contributed by atoms with Gasteiger partial charge in [-0.25, -0.2) is 0 Å². The van der Waals surface area contributed by atoms with Crippen LogP contribution in [0.15, 0.2) is 42.5 Å². The molecule has 3 aromatic rings. The molecule has 0 saturated carbocycles. The van der Waals surface area contributed by atoms with Crippen LogP contribution in [0, 0.1) is 5.41 Å². The maximum absolute atomic E-state index is 8.72. The maximum Gasteiger partial charge on any atom is 0.203 e. The molecule has 0 unspecified atom stereocenters. The number of ether oxygens (including phenoxy) is 1. The molecule has 1 N–H and O–H groups in total. The van der Waals surface area contributed by atoms with Crippen molar-refractivity contribution in [2.75, 3.05) is 26.2 Å². The zero-order chi connectivity index (χ0) is 20.8. The number of halogens is 2. The first kappa shape index (κ1) is 21.8. The van der Waals surface area contributed by atoms with Crippen LogP contribution in [0.4, 0.5) is 0 Å². The molecule has 0 bridgehead atoms. The standard InChI is InChI=1S/C22H28Cl2N4O/c1-3-26(4-2)13-14-28-20-9-6-5-8-19(20)27(22(28)25)12-7-15-29-21-11-10-17(23)16-18(21)24/h5-6,8-11,16,25H,3-4,7,12-15H2,1-2H3. The minimum Gasteiger partial charge on any atom is -0.492 e. The molecule has 29 heavy (non-hydrogen) atoms. The number of benzene rings is 2. The van der Waals surface area contributed by atoms with Crippen molar-refractivity contribution in [1.82, 2.24) is 14.0 Å². The molecule has 0 atom stereocenters. The third-order valence-electron chi connectivity index (χ3n) is 5.19. The number of likely N-dealkylation sites (N-methyl/N-ethyl adjacent to an activating group) is 1. The molecular formula is C22H28Cl2N4O. The summed E-state index contributed by atoms with van der Waals surface area (Å²) in [6.45, 7) is 9.37. The van der Waals surface area contributed by atoms with Gasteiger partial charge in [0.25, 0.3) is 0 Å². The molecule has 0 aliphatic carbocycles. The van der Waals surface area contributed by atoms with Crippen LogP contribution in [0.1, 0.15) is 20.3 Å². The third-order valence-corrected chi connectivity index (χ3v) is 5.72. The van der Waals surface area contributed by atoms with Crippen LogP contribution in [0.2, 0.25) is 10.0 Å². The average molecular weight is 435 g/mol. The molecule has 1 aromatic heterocycles. The second kappa shape index (κ2) is 10.2. The molecule has 0 radical (unpaired) electrons. The van der Waals surface area contributed by atoms with E-state index in [4.69, 9.17) is 33.3 Å². The molecule has 5 nitrogen and oxygen atoms in total. The highest BCUT2D eigenvalue weighted by atomic mass is 35.5. The van der Waals surface area contributed by atoms with Gasteiger partial charge >= 0.3 is 0 Å². The highest BCUT2D eigenvalue weighted by Gasteiger charge is 2.11. The Kier molecular flexibility index (Phi) is 7.64. The summed E-state index contributed by atoms with van der Waals surface area (Å²) in [6, 6.07) is 13.5. The molecule has 0 spiro atoms. The van der Waals surface area contributed by atoms with Gasteiger partial charge in [-0.15, -0.1) is 0 Å². The van der Waals surface area contributed by atoms with Gasteiger partial charge < -0.3 is 18.8 Å². The summed E-state index contributed by atoms with van der Waals surface area (Å²) in [7, 11) is 0. The van der Waals surface area contributed by atoms with Gasteiger partial charge in [-0.3, -0.25) is 5.41 Å². The number of aryl methyl sites for hydroxylation is 1. The van der Waals surface area contributed by atoms with Crippen molar-refractivity contribution in [3.8, 4) is 5.75 Å². The molecule has 0 fully saturated rings. The van der Waals surface area contributed by atoms with Crippen LogP contribution in [-0.2, 0) is 13.1 Å². The molecule has 7 heteroatoms. The van der Waals surface area contributed by atoms with Gasteiger partial charge in [0.05, 0.1) is 22.7 Å². The Morgan fingerprint density at radius 2 is 1.62 bits per heavy atom. The number of nitrogens with one attached hydrogen (secondary N) is 1. The summed E-state index contributed by atoms with van der Waals surface area (Å²) in [4.78, 5) is 2.38. The zero-order valence-corrected chi connectivity index (χ0v) is 18.5. The van der Waals surface area contributed by atoms with Crippen LogP contribution in [0.3, 0.4) is 0 Å². The van der Waals surface area contributed by atoms with Gasteiger partial charge in [-0.2, -0.15) is 0 Å². The van der Waals surface area contributed by atoms with Gasteiger partial charge in [0, 0.05) is 24.7 Å². The first-order chi connectivity index (χ1) is 14.0. The lowest BCUT2D eigenvalue weighted by Gasteiger charge is -2.18. The lowest BCUT2D eigenvalue weighted by Crippen LogP contribution is -2.32. The van der Waals surface area contributed by atoms with Gasteiger partial charge in [0.2, 0.25) is 5.62 Å². The Morgan fingerprint density at radius 1 is 0.966 bits per heavy atom. The predicted octanol–water partition coefficient (Wildman–Crippen LogP) is 5.04. The largest absolute Gasteiger partial charge is 0.492 e. The first-order valence-corrected chi connectivity index (χ1v) is 10.8. The number of imidazole rings is 1. The topological polar surface area (TPSA) is 46.2 Å². The van der Waals surface area contributed by atoms with Crippen LogP contribution < -0.4 is 10.4 Å². The third kappa shape index (κ3) is 5.16. The smallest absolute Gasteiger partial charge is 0.203 e. The van der Waals surface area contributed by atoms with E-state index in [1.807, 2.05) is 12.1 Å². The van der Waals surface area contributed by atoms with E-state index < -0.39 is 0 Å². The number of rotatable bonds is 10. The minimum absolute atomic E-state index is 0.513. The second-order valence-corrected chi connectivity index (χ2v) is 7.76. The zero-order valence-electron chi connectivity index (χ0n) is 17.0. The van der Waals surface area contributed by atoms with Crippen molar-refractivity contribution < 1.29 is 4.74 Å². The lowest BCUT2D eigenvalue weighted by atomic mass is 10.3. The Labute approximate surface area is 181 Å². The molecular weight excluding hydrogens is 407 g/mol. The van der Waals surface area contributed by atoms with E-state index in [1.54, 1.807) is 18.2 Å². The van der Waals surface area contributed by atoms with Crippen molar-refractivity contribution in [3.05, 3.63) is 58.1 Å². The molecule has 0 saturated heterocycles. The summed E-state index contributed by atoms with van der Waals surface area (Å²) in [5.74, 6) is 0.633. The quantitative estimate of drug-likeness (QED) is 0.454. The summed E-state index contributed by atoms with van der Waals surface area (Å²) in [5, 5.41) is 9.83. The Hall–Kier alpha value is -1.95. The van der Waals surface area contributed by atoms with Gasteiger partial charge in [0.1, 0.15) is 5.75 Å². The van der Waals surface area contributed by atoms with E-state index >= 15 is 0 Å². The summed E-state index contributed by atoms with van der Waals surface area (Å²) >= 11 is 12.1. The van der Waals surface area contributed by atoms with Gasteiger partial charge in [0.15, 0.2) is 0 Å². The summed E-state index contributed by atoms with van der Waals surface area (Å²) in [5.41, 5.74) is 2.72. The number of hydrogen-bond donors (Lipinski definition) is 1. The predicted molar refractivity (Wildman–Crippen MR) is 120 cm³/mol. The summed E-state index contributed by atoms with van der Waals surface area (Å²) in [6.07, 6.45) is 0.777. The lowest BCUT2D eigenvalue weighted by molar-refractivity contribution is 0.287. The van der Waals surface area contributed by atoms with Crippen molar-refractivity contribution in [2.45, 2.75) is 33.4 Å². The van der Waals surface area contributed by atoms with E-state index in [0.29, 0.717) is 34.6 Å². The molecule has 2 aromatic carbocycles. The number of fused-ring (bicyclic) bond motifs is 1. The molecule has 0 aliphatic heterocycles. The molecule has 156 valence electrons. The summed E-state index contributed by atoms with van der Waals surface area (Å²) < 4.78 is 9.96. The van der Waals surface area contributed by atoms with Crippen molar-refractivity contribution in [1.29, 1.82) is 5.41 Å². The number of aromatic nitrogens is 2. The fourth-order valence-corrected chi connectivity index (χ4v) is 3.99. The fourth-order valence-electron chi connectivity index (χ4n) is 3.53. The Balaban J connectivity index is 1.70. The SMILES string of the molecule is CCN(CC)CCn1c(=N)n(CCCOc2ccc(Cl)cc2Cl)c2ccccc21. The number of hydrogen-bond acceptors (Lipinski definition) is 3. The van der Waals surface area contributed by atoms with E-state index in [2.05, 4.69) is 40.0 Å². The molecule has 0 amide bonds. The normalized spacial score (nSPS) is 11.5. The first-order valence-electron chi connectivity index (χ1n) is 10.1. The van der Waals surface area contributed by atoms with Crippen molar-refractivity contribution in [3.63, 3.8) is 0 Å². The van der Waals surface area contributed by atoms with Crippen molar-refractivity contribution >= 4 is 34.2 Å². The van der Waals surface area contributed by atoms with Crippen LogP contribution in [-0.4, -0.2) is 40.3 Å². The van der Waals surface area contributed by atoms with Crippen molar-refractivity contribution in [2.24, 2.45) is 0 Å². The fraction of sp³-hybridized carbons (Fsp3) is 0.409. The Bertz CT molecular complexity index is 1010. The van der Waals surface area contributed by atoms with Crippen LogP contribution in [0.5, 0.6) is 5.75 Å².